The minimum Gasteiger partial charge on any atom is -0.489 e. The van der Waals surface area contributed by atoms with Crippen molar-refractivity contribution in [3.8, 4) is 5.75 Å². The molecule has 0 saturated heterocycles. The molecule has 21 heavy (non-hydrogen) atoms. The van der Waals surface area contributed by atoms with E-state index >= 15 is 0 Å². The molecule has 1 atom stereocenters. The highest BCUT2D eigenvalue weighted by atomic mass is 35.5. The molecule has 0 saturated carbocycles. The van der Waals surface area contributed by atoms with Gasteiger partial charge in [0.1, 0.15) is 18.2 Å². The molecule has 2 rings (SSSR count). The summed E-state index contributed by atoms with van der Waals surface area (Å²) in [6.45, 7) is 2.17. The van der Waals surface area contributed by atoms with Crippen LogP contribution >= 0.6 is 23.2 Å². The van der Waals surface area contributed by atoms with Crippen molar-refractivity contribution in [2.24, 2.45) is 5.73 Å². The zero-order valence-electron chi connectivity index (χ0n) is 11.6. The molecule has 5 heteroatoms. The topological polar surface area (TPSA) is 35.2 Å². The molecule has 0 radical (unpaired) electrons. The molecule has 0 aliphatic rings. The summed E-state index contributed by atoms with van der Waals surface area (Å²) in [5, 5.41) is 0.958. The van der Waals surface area contributed by atoms with E-state index in [1.54, 1.807) is 18.2 Å². The van der Waals surface area contributed by atoms with E-state index in [2.05, 4.69) is 0 Å². The van der Waals surface area contributed by atoms with Crippen molar-refractivity contribution in [3.63, 3.8) is 0 Å². The number of hydrogen-bond acceptors (Lipinski definition) is 2. The quantitative estimate of drug-likeness (QED) is 0.870. The normalized spacial score (nSPS) is 12.2. The standard InChI is InChI=1S/C16H16Cl2FNO/c1-10(20)4-12-5-13(19)8-14(6-12)21-9-11-2-3-15(17)16(18)7-11/h2-3,5-8,10H,4,9,20H2,1H3. The fraction of sp³-hybridized carbons (Fsp3) is 0.250. The largest absolute Gasteiger partial charge is 0.489 e. The zero-order chi connectivity index (χ0) is 15.4. The molecule has 0 bridgehead atoms. The molecule has 0 aliphatic carbocycles. The number of rotatable bonds is 5. The summed E-state index contributed by atoms with van der Waals surface area (Å²) in [4.78, 5) is 0. The van der Waals surface area contributed by atoms with Gasteiger partial charge in [-0.2, -0.15) is 0 Å². The fourth-order valence-corrected chi connectivity index (χ4v) is 2.31. The van der Waals surface area contributed by atoms with Crippen LogP contribution in [0.4, 0.5) is 4.39 Å². The van der Waals surface area contributed by atoms with Gasteiger partial charge in [0.2, 0.25) is 0 Å². The van der Waals surface area contributed by atoms with Gasteiger partial charge >= 0.3 is 0 Å². The molecule has 2 aromatic carbocycles. The number of hydrogen-bond donors (Lipinski definition) is 1. The summed E-state index contributed by atoms with van der Waals surface area (Å²) in [5.41, 5.74) is 7.41. The molecule has 0 amide bonds. The first-order valence-corrected chi connectivity index (χ1v) is 7.31. The molecular formula is C16H16Cl2FNO. The smallest absolute Gasteiger partial charge is 0.127 e. The lowest BCUT2D eigenvalue weighted by atomic mass is 10.1. The molecule has 2 nitrogen and oxygen atoms in total. The van der Waals surface area contributed by atoms with Crippen molar-refractivity contribution in [2.75, 3.05) is 0 Å². The van der Waals surface area contributed by atoms with Gasteiger partial charge in [0, 0.05) is 12.1 Å². The first-order chi connectivity index (χ1) is 9.94. The van der Waals surface area contributed by atoms with Crippen molar-refractivity contribution in [3.05, 3.63) is 63.4 Å². The Labute approximate surface area is 133 Å². The van der Waals surface area contributed by atoms with E-state index in [1.807, 2.05) is 13.0 Å². The predicted octanol–water partition coefficient (Wildman–Crippen LogP) is 4.60. The number of ether oxygens (including phenoxy) is 1. The second kappa shape index (κ2) is 7.12. The van der Waals surface area contributed by atoms with Gasteiger partial charge in [-0.05, 0) is 48.7 Å². The van der Waals surface area contributed by atoms with Crippen molar-refractivity contribution in [1.82, 2.24) is 0 Å². The Hall–Kier alpha value is -1.29. The first kappa shape index (κ1) is 16.1. The summed E-state index contributed by atoms with van der Waals surface area (Å²) >= 11 is 11.8. The monoisotopic (exact) mass is 327 g/mol. The third kappa shape index (κ3) is 4.88. The lowest BCUT2D eigenvalue weighted by Crippen LogP contribution is -2.17. The van der Waals surface area contributed by atoms with E-state index in [0.29, 0.717) is 22.2 Å². The third-order valence-corrected chi connectivity index (χ3v) is 3.62. The maximum Gasteiger partial charge on any atom is 0.127 e. The minimum atomic E-state index is -0.336. The Morgan fingerprint density at radius 1 is 1.10 bits per heavy atom. The molecular weight excluding hydrogens is 312 g/mol. The fourth-order valence-electron chi connectivity index (χ4n) is 1.99. The van der Waals surface area contributed by atoms with Crippen molar-refractivity contribution in [2.45, 2.75) is 26.0 Å². The van der Waals surface area contributed by atoms with E-state index in [0.717, 1.165) is 11.1 Å². The number of nitrogens with two attached hydrogens (primary N) is 1. The van der Waals surface area contributed by atoms with Crippen LogP contribution in [-0.4, -0.2) is 6.04 Å². The van der Waals surface area contributed by atoms with Crippen LogP contribution in [0.2, 0.25) is 10.0 Å². The Balaban J connectivity index is 2.08. The van der Waals surface area contributed by atoms with Crippen molar-refractivity contribution < 1.29 is 9.13 Å². The molecule has 0 fully saturated rings. The van der Waals surface area contributed by atoms with Crippen molar-refractivity contribution in [1.29, 1.82) is 0 Å². The van der Waals surface area contributed by atoms with Gasteiger partial charge in [-0.15, -0.1) is 0 Å². The van der Waals surface area contributed by atoms with E-state index in [1.165, 1.54) is 12.1 Å². The minimum absolute atomic E-state index is 0.0327. The summed E-state index contributed by atoms with van der Waals surface area (Å²) < 4.78 is 19.2. The van der Waals surface area contributed by atoms with Gasteiger partial charge in [-0.3, -0.25) is 0 Å². The lowest BCUT2D eigenvalue weighted by molar-refractivity contribution is 0.304. The average molecular weight is 328 g/mol. The van der Waals surface area contributed by atoms with Crippen LogP contribution in [0.25, 0.3) is 0 Å². The van der Waals surface area contributed by atoms with Crippen LogP contribution in [0.3, 0.4) is 0 Å². The molecule has 1 unspecified atom stereocenters. The molecule has 0 spiro atoms. The summed E-state index contributed by atoms with van der Waals surface area (Å²) in [5.74, 6) is 0.133. The highest BCUT2D eigenvalue weighted by Crippen LogP contribution is 2.24. The van der Waals surface area contributed by atoms with Gasteiger partial charge in [0.15, 0.2) is 0 Å². The molecule has 2 N–H and O–H groups in total. The lowest BCUT2D eigenvalue weighted by Gasteiger charge is -2.10. The van der Waals surface area contributed by atoms with Crippen LogP contribution in [0.5, 0.6) is 5.75 Å². The van der Waals surface area contributed by atoms with Crippen LogP contribution in [-0.2, 0) is 13.0 Å². The molecule has 2 aromatic rings. The highest BCUT2D eigenvalue weighted by molar-refractivity contribution is 6.42. The predicted molar refractivity (Wildman–Crippen MR) is 84.5 cm³/mol. The Bertz CT molecular complexity index is 632. The second-order valence-electron chi connectivity index (χ2n) is 5.01. The summed E-state index contributed by atoms with van der Waals surface area (Å²) in [6.07, 6.45) is 0.598. The maximum atomic E-state index is 13.6. The molecule has 0 aliphatic heterocycles. The first-order valence-electron chi connectivity index (χ1n) is 6.56. The van der Waals surface area contributed by atoms with Gasteiger partial charge in [0.05, 0.1) is 10.0 Å². The maximum absolute atomic E-state index is 13.6. The Morgan fingerprint density at radius 3 is 2.52 bits per heavy atom. The van der Waals surface area contributed by atoms with E-state index < -0.39 is 0 Å². The molecule has 112 valence electrons. The number of benzene rings is 2. The van der Waals surface area contributed by atoms with Gasteiger partial charge in [-0.1, -0.05) is 29.3 Å². The third-order valence-electron chi connectivity index (χ3n) is 2.88. The van der Waals surface area contributed by atoms with E-state index in [-0.39, 0.29) is 18.5 Å². The van der Waals surface area contributed by atoms with Crippen LogP contribution in [0.1, 0.15) is 18.1 Å². The van der Waals surface area contributed by atoms with Gasteiger partial charge in [-0.25, -0.2) is 4.39 Å². The number of halogens is 3. The van der Waals surface area contributed by atoms with Gasteiger partial charge in [0.25, 0.3) is 0 Å². The van der Waals surface area contributed by atoms with Crippen LogP contribution in [0, 0.1) is 5.82 Å². The Morgan fingerprint density at radius 2 is 1.86 bits per heavy atom. The van der Waals surface area contributed by atoms with E-state index in [9.17, 15) is 4.39 Å². The second-order valence-corrected chi connectivity index (χ2v) is 5.83. The molecule has 0 heterocycles. The van der Waals surface area contributed by atoms with Crippen LogP contribution < -0.4 is 10.5 Å². The molecule has 0 aromatic heterocycles. The average Bonchev–Trinajstić information content (AvgIpc) is 2.39. The highest BCUT2D eigenvalue weighted by Gasteiger charge is 2.06. The van der Waals surface area contributed by atoms with Crippen LogP contribution in [0.15, 0.2) is 36.4 Å². The zero-order valence-corrected chi connectivity index (χ0v) is 13.1. The van der Waals surface area contributed by atoms with Crippen molar-refractivity contribution >= 4 is 23.2 Å². The summed E-state index contributed by atoms with van der Waals surface area (Å²) in [6, 6.07) is 9.83. The summed E-state index contributed by atoms with van der Waals surface area (Å²) in [7, 11) is 0. The Kier molecular flexibility index (Phi) is 5.45. The SMILES string of the molecule is CC(N)Cc1cc(F)cc(OCc2ccc(Cl)c(Cl)c2)c1. The van der Waals surface area contributed by atoms with Gasteiger partial charge < -0.3 is 10.5 Å². The van der Waals surface area contributed by atoms with E-state index in [4.69, 9.17) is 33.7 Å².